The Bertz CT molecular complexity index is 463. The first-order valence-electron chi connectivity index (χ1n) is 6.99. The van der Waals surface area contributed by atoms with Gasteiger partial charge < -0.3 is 11.1 Å². The Kier molecular flexibility index (Phi) is 7.47. The Balaban J connectivity index is 2.38. The largest absolute Gasteiger partial charge is 0.326 e. The fourth-order valence-electron chi connectivity index (χ4n) is 1.72. The number of carbonyl (C=O) groups excluding carboxylic acids is 1. The Morgan fingerprint density at radius 1 is 1.45 bits per heavy atom. The Hall–Kier alpha value is -1.20. The molecular formula is C15H24N2O2S. The molecule has 4 nitrogen and oxygen atoms in total. The molecule has 0 radical (unpaired) electrons. The Labute approximate surface area is 123 Å². The zero-order valence-electron chi connectivity index (χ0n) is 12.2. The van der Waals surface area contributed by atoms with Crippen molar-refractivity contribution in [1.29, 1.82) is 0 Å². The van der Waals surface area contributed by atoms with Crippen LogP contribution in [0, 0.1) is 5.92 Å². The monoisotopic (exact) mass is 296 g/mol. The maximum Gasteiger partial charge on any atom is 0.225 e. The van der Waals surface area contributed by atoms with Gasteiger partial charge in [-0.3, -0.25) is 9.00 Å². The van der Waals surface area contributed by atoms with E-state index in [1.165, 1.54) is 0 Å². The zero-order chi connectivity index (χ0) is 15.0. The van der Waals surface area contributed by atoms with E-state index in [1.807, 2.05) is 24.3 Å². The summed E-state index contributed by atoms with van der Waals surface area (Å²) in [6, 6.07) is 7.46. The summed E-state index contributed by atoms with van der Waals surface area (Å²) >= 11 is 0. The van der Waals surface area contributed by atoms with Crippen LogP contribution < -0.4 is 11.1 Å². The van der Waals surface area contributed by atoms with E-state index in [0.29, 0.717) is 24.0 Å². The number of nitrogens with two attached hydrogens (primary N) is 1. The molecule has 1 aromatic carbocycles. The van der Waals surface area contributed by atoms with Crippen molar-refractivity contribution in [2.75, 3.05) is 16.8 Å². The van der Waals surface area contributed by atoms with Crippen LogP contribution >= 0.6 is 0 Å². The highest BCUT2D eigenvalue weighted by Crippen LogP contribution is 2.11. The van der Waals surface area contributed by atoms with Crippen LogP contribution in [0.1, 0.15) is 32.3 Å². The van der Waals surface area contributed by atoms with Crippen LogP contribution in [0.2, 0.25) is 0 Å². The van der Waals surface area contributed by atoms with Crippen molar-refractivity contribution < 1.29 is 9.00 Å². The third kappa shape index (κ3) is 6.30. The van der Waals surface area contributed by atoms with Crippen molar-refractivity contribution in [3.8, 4) is 0 Å². The normalized spacial score (nSPS) is 13.8. The molecule has 0 bridgehead atoms. The molecule has 1 rings (SSSR count). The Morgan fingerprint density at radius 2 is 2.20 bits per heavy atom. The van der Waals surface area contributed by atoms with Gasteiger partial charge in [0.2, 0.25) is 5.91 Å². The first-order chi connectivity index (χ1) is 9.55. The number of amides is 1. The summed E-state index contributed by atoms with van der Waals surface area (Å²) in [5.74, 6) is 1.44. The van der Waals surface area contributed by atoms with Crippen LogP contribution in [0.4, 0.5) is 5.69 Å². The van der Waals surface area contributed by atoms with E-state index in [2.05, 4.69) is 19.2 Å². The summed E-state index contributed by atoms with van der Waals surface area (Å²) in [6.07, 6.45) is 1.31. The van der Waals surface area contributed by atoms with E-state index in [-0.39, 0.29) is 12.3 Å². The number of anilines is 1. The molecule has 0 aromatic heterocycles. The second kappa shape index (κ2) is 8.87. The van der Waals surface area contributed by atoms with Crippen LogP contribution in [0.15, 0.2) is 24.3 Å². The molecule has 2 atom stereocenters. The van der Waals surface area contributed by atoms with Gasteiger partial charge in [-0.15, -0.1) is 0 Å². The quantitative estimate of drug-likeness (QED) is 0.773. The topological polar surface area (TPSA) is 72.2 Å². The predicted octanol–water partition coefficient (Wildman–Crippen LogP) is 2.27. The first kappa shape index (κ1) is 16.9. The molecular weight excluding hydrogens is 272 g/mol. The van der Waals surface area contributed by atoms with Crippen LogP contribution in [-0.2, 0) is 22.1 Å². The van der Waals surface area contributed by atoms with E-state index in [1.54, 1.807) is 0 Å². The van der Waals surface area contributed by atoms with Crippen LogP contribution in [0.25, 0.3) is 0 Å². The maximum absolute atomic E-state index is 11.8. The molecule has 0 aliphatic rings. The van der Waals surface area contributed by atoms with Crippen molar-refractivity contribution in [1.82, 2.24) is 0 Å². The van der Waals surface area contributed by atoms with Gasteiger partial charge in [0.05, 0.1) is 0 Å². The minimum absolute atomic E-state index is 0.100. The van der Waals surface area contributed by atoms with Gasteiger partial charge in [-0.25, -0.2) is 0 Å². The number of benzene rings is 1. The average molecular weight is 296 g/mol. The molecule has 112 valence electrons. The number of hydrogen-bond donors (Lipinski definition) is 2. The van der Waals surface area contributed by atoms with Crippen LogP contribution in [0.3, 0.4) is 0 Å². The van der Waals surface area contributed by atoms with Crippen molar-refractivity contribution in [3.63, 3.8) is 0 Å². The Morgan fingerprint density at radius 3 is 2.85 bits per heavy atom. The molecule has 2 unspecified atom stereocenters. The minimum Gasteiger partial charge on any atom is -0.326 e. The van der Waals surface area contributed by atoms with Crippen LogP contribution in [0.5, 0.6) is 0 Å². The predicted molar refractivity (Wildman–Crippen MR) is 84.9 cm³/mol. The summed E-state index contributed by atoms with van der Waals surface area (Å²) in [5, 5.41) is 2.81. The summed E-state index contributed by atoms with van der Waals surface area (Å²) in [4.78, 5) is 11.8. The minimum atomic E-state index is -0.915. The second-order valence-electron chi connectivity index (χ2n) is 5.03. The molecule has 1 amide bonds. The van der Waals surface area contributed by atoms with Gasteiger partial charge in [0.15, 0.2) is 0 Å². The van der Waals surface area contributed by atoms with E-state index in [4.69, 9.17) is 5.73 Å². The highest BCUT2D eigenvalue weighted by Gasteiger charge is 2.09. The fraction of sp³-hybridized carbons (Fsp3) is 0.533. The molecule has 0 aliphatic carbocycles. The molecule has 20 heavy (non-hydrogen) atoms. The van der Waals surface area contributed by atoms with Gasteiger partial charge in [-0.1, -0.05) is 32.4 Å². The average Bonchev–Trinajstić information content (AvgIpc) is 2.45. The third-order valence-electron chi connectivity index (χ3n) is 3.17. The number of rotatable bonds is 8. The zero-order valence-corrected chi connectivity index (χ0v) is 13.0. The lowest BCUT2D eigenvalue weighted by molar-refractivity contribution is -0.115. The molecule has 0 saturated carbocycles. The number of hydrogen-bond acceptors (Lipinski definition) is 3. The number of nitrogens with one attached hydrogen (secondary N) is 1. The fourth-order valence-corrected chi connectivity index (χ4v) is 3.17. The maximum atomic E-state index is 11.8. The molecule has 1 aromatic rings. The lowest BCUT2D eigenvalue weighted by Gasteiger charge is -2.09. The summed E-state index contributed by atoms with van der Waals surface area (Å²) < 4.78 is 11.8. The van der Waals surface area contributed by atoms with Gasteiger partial charge in [-0.05, 0) is 23.6 Å². The lowest BCUT2D eigenvalue weighted by Crippen LogP contribution is -2.17. The molecule has 0 saturated heterocycles. The van der Waals surface area contributed by atoms with E-state index in [9.17, 15) is 9.00 Å². The highest BCUT2D eigenvalue weighted by atomic mass is 32.2. The molecule has 3 N–H and O–H groups in total. The van der Waals surface area contributed by atoms with Crippen molar-refractivity contribution in [3.05, 3.63) is 29.8 Å². The second-order valence-corrected chi connectivity index (χ2v) is 6.65. The van der Waals surface area contributed by atoms with Crippen molar-refractivity contribution in [2.45, 2.75) is 33.2 Å². The van der Waals surface area contributed by atoms with Gasteiger partial charge in [-0.2, -0.15) is 0 Å². The van der Waals surface area contributed by atoms with E-state index >= 15 is 0 Å². The van der Waals surface area contributed by atoms with E-state index < -0.39 is 10.8 Å². The smallest absolute Gasteiger partial charge is 0.225 e. The lowest BCUT2D eigenvalue weighted by atomic mass is 10.2. The SMILES string of the molecule is CCC(C)CS(=O)CCC(=O)Nc1cccc(CN)c1. The number of carbonyl (C=O) groups is 1. The molecule has 0 fully saturated rings. The summed E-state index contributed by atoms with van der Waals surface area (Å²) in [6.45, 7) is 4.61. The molecule has 5 heteroatoms. The third-order valence-corrected chi connectivity index (χ3v) is 4.77. The van der Waals surface area contributed by atoms with Gasteiger partial charge in [0.25, 0.3) is 0 Å². The summed E-state index contributed by atoms with van der Waals surface area (Å²) in [5.41, 5.74) is 7.27. The molecule has 0 heterocycles. The standard InChI is InChI=1S/C15H24N2O2S/c1-3-12(2)11-20(19)8-7-15(18)17-14-6-4-5-13(9-14)10-16/h4-6,9,12H,3,7-8,10-11,16H2,1-2H3,(H,17,18). The van der Waals surface area contributed by atoms with Gasteiger partial charge in [0, 0.05) is 41.0 Å². The van der Waals surface area contributed by atoms with Gasteiger partial charge >= 0.3 is 0 Å². The highest BCUT2D eigenvalue weighted by molar-refractivity contribution is 7.85. The summed E-state index contributed by atoms with van der Waals surface area (Å²) in [7, 11) is -0.915. The van der Waals surface area contributed by atoms with Gasteiger partial charge in [0.1, 0.15) is 0 Å². The molecule has 0 spiro atoms. The van der Waals surface area contributed by atoms with Crippen molar-refractivity contribution in [2.24, 2.45) is 11.7 Å². The van der Waals surface area contributed by atoms with Crippen molar-refractivity contribution >= 4 is 22.4 Å². The van der Waals surface area contributed by atoms with E-state index in [0.717, 1.165) is 17.7 Å². The van der Waals surface area contributed by atoms with Crippen LogP contribution in [-0.4, -0.2) is 21.6 Å². The first-order valence-corrected chi connectivity index (χ1v) is 8.47. The molecule has 0 aliphatic heterocycles.